The largest absolute Gasteiger partial charge is 0.463 e. The van der Waals surface area contributed by atoms with Crippen LogP contribution in [0.4, 0.5) is 0 Å². The van der Waals surface area contributed by atoms with Crippen LogP contribution in [-0.4, -0.2) is 25.2 Å². The van der Waals surface area contributed by atoms with Crippen LogP contribution in [0.2, 0.25) is 0 Å². The van der Waals surface area contributed by atoms with Gasteiger partial charge in [0.05, 0.1) is 13.2 Å². The zero-order valence-corrected chi connectivity index (χ0v) is 17.0. The normalized spacial score (nSPS) is 8.70. The van der Waals surface area contributed by atoms with E-state index >= 15 is 0 Å². The van der Waals surface area contributed by atoms with Gasteiger partial charge in [0, 0.05) is 11.6 Å². The first-order chi connectivity index (χ1) is 12.9. The first kappa shape index (κ1) is 26.6. The highest BCUT2D eigenvalue weighted by Crippen LogP contribution is 1.97. The Labute approximate surface area is 164 Å². The number of esters is 2. The summed E-state index contributed by atoms with van der Waals surface area (Å²) in [7, 11) is 0. The monoisotopic (exact) mass is 374 g/mol. The summed E-state index contributed by atoms with van der Waals surface area (Å²) in [5, 5.41) is 0. The fraction of sp³-hybridized carbons (Fsp3) is 0.391. The van der Waals surface area contributed by atoms with Crippen LogP contribution < -0.4 is 0 Å². The van der Waals surface area contributed by atoms with E-state index in [-0.39, 0.29) is 11.9 Å². The van der Waals surface area contributed by atoms with Gasteiger partial charge < -0.3 is 9.47 Å². The Kier molecular flexibility index (Phi) is 19.4. The third kappa shape index (κ3) is 19.6. The molecule has 0 heterocycles. The maximum Gasteiger partial charge on any atom is 0.333 e. The average Bonchev–Trinajstić information content (AvgIpc) is 2.69. The lowest BCUT2D eigenvalue weighted by molar-refractivity contribution is -0.139. The molecule has 0 saturated heterocycles. The van der Waals surface area contributed by atoms with Crippen molar-refractivity contribution in [3.05, 3.63) is 67.3 Å². The van der Waals surface area contributed by atoms with Gasteiger partial charge in [-0.1, -0.05) is 82.8 Å². The molecule has 1 rings (SSSR count). The molecular formula is C23H34O4. The van der Waals surface area contributed by atoms with Crippen LogP contribution in [0.15, 0.2) is 61.7 Å². The van der Waals surface area contributed by atoms with Gasteiger partial charge in [0.2, 0.25) is 0 Å². The number of carbonyl (C=O) groups excluding carboxylic acids is 2. The number of hydrogen-bond acceptors (Lipinski definition) is 4. The number of unbranched alkanes of at least 4 members (excludes halogenated alkanes) is 2. The Morgan fingerprint density at radius 2 is 1.48 bits per heavy atom. The molecule has 150 valence electrons. The van der Waals surface area contributed by atoms with Crippen molar-refractivity contribution in [3.8, 4) is 0 Å². The molecule has 0 unspecified atom stereocenters. The van der Waals surface area contributed by atoms with Crippen LogP contribution in [0.3, 0.4) is 0 Å². The van der Waals surface area contributed by atoms with Crippen LogP contribution in [0.25, 0.3) is 6.08 Å². The van der Waals surface area contributed by atoms with Crippen molar-refractivity contribution >= 4 is 18.0 Å². The zero-order valence-electron chi connectivity index (χ0n) is 17.0. The Hall–Kier alpha value is -2.62. The highest BCUT2D eigenvalue weighted by atomic mass is 16.5. The Bertz CT molecular complexity index is 547. The van der Waals surface area contributed by atoms with Crippen molar-refractivity contribution in [2.45, 2.75) is 46.5 Å². The minimum atomic E-state index is -0.330. The van der Waals surface area contributed by atoms with Gasteiger partial charge >= 0.3 is 11.9 Å². The first-order valence-corrected chi connectivity index (χ1v) is 9.22. The van der Waals surface area contributed by atoms with Gasteiger partial charge in [-0.25, -0.2) is 9.59 Å². The van der Waals surface area contributed by atoms with Gasteiger partial charge in [0.25, 0.3) is 0 Å². The molecule has 0 fully saturated rings. The average molecular weight is 375 g/mol. The lowest BCUT2D eigenvalue weighted by atomic mass is 10.2. The minimum absolute atomic E-state index is 0.284. The first-order valence-electron chi connectivity index (χ1n) is 9.22. The molecule has 0 aliphatic rings. The van der Waals surface area contributed by atoms with Crippen LogP contribution in [0.5, 0.6) is 0 Å². The molecule has 0 N–H and O–H groups in total. The predicted octanol–water partition coefficient (Wildman–Crippen LogP) is 5.75. The van der Waals surface area contributed by atoms with Gasteiger partial charge in [-0.2, -0.15) is 0 Å². The molecule has 0 spiro atoms. The van der Waals surface area contributed by atoms with E-state index < -0.39 is 0 Å². The second-order valence-electron chi connectivity index (χ2n) is 5.61. The van der Waals surface area contributed by atoms with Crippen molar-refractivity contribution in [2.75, 3.05) is 13.2 Å². The van der Waals surface area contributed by atoms with Gasteiger partial charge in [-0.3, -0.25) is 0 Å². The molecule has 0 amide bonds. The Morgan fingerprint density at radius 3 is 1.85 bits per heavy atom. The number of hydrogen-bond donors (Lipinski definition) is 0. The second kappa shape index (κ2) is 19.7. The SMILES string of the molecule is C=C(C)C(=O)OCCCC.C=CC(=O)OCCCC.C=Cc1ccccc1. The molecule has 4 heteroatoms. The molecule has 0 saturated carbocycles. The number of ether oxygens (including phenoxy) is 2. The number of benzene rings is 1. The van der Waals surface area contributed by atoms with Crippen LogP contribution in [-0.2, 0) is 19.1 Å². The number of carbonyl (C=O) groups is 2. The molecule has 27 heavy (non-hydrogen) atoms. The number of rotatable bonds is 9. The molecule has 0 aromatic heterocycles. The predicted molar refractivity (Wildman–Crippen MR) is 113 cm³/mol. The van der Waals surface area contributed by atoms with E-state index in [1.807, 2.05) is 43.3 Å². The minimum Gasteiger partial charge on any atom is -0.463 e. The van der Waals surface area contributed by atoms with E-state index in [2.05, 4.69) is 31.4 Å². The Morgan fingerprint density at radius 1 is 0.963 bits per heavy atom. The molecule has 0 aliphatic carbocycles. The fourth-order valence-electron chi connectivity index (χ4n) is 1.40. The standard InChI is InChI=1S/C8H14O2.C8H8.C7H12O2/c1-4-5-6-10-8(9)7(2)3;1-2-8-6-4-3-5-7-8;1-3-5-6-9-7(8)4-2/h2,4-6H2,1,3H3;2-7H,1H2;4H,2-3,5-6H2,1H3. The van der Waals surface area contributed by atoms with Crippen molar-refractivity contribution in [2.24, 2.45) is 0 Å². The smallest absolute Gasteiger partial charge is 0.333 e. The molecule has 4 nitrogen and oxygen atoms in total. The maximum atomic E-state index is 10.7. The summed E-state index contributed by atoms with van der Waals surface area (Å²) >= 11 is 0. The summed E-state index contributed by atoms with van der Waals surface area (Å²) in [5.74, 6) is -0.614. The van der Waals surface area contributed by atoms with Crippen LogP contribution in [0.1, 0.15) is 52.0 Å². The van der Waals surface area contributed by atoms with E-state index in [0.29, 0.717) is 18.8 Å². The molecule has 0 bridgehead atoms. The van der Waals surface area contributed by atoms with Crippen LogP contribution >= 0.6 is 0 Å². The van der Waals surface area contributed by atoms with E-state index in [1.54, 1.807) is 6.92 Å². The summed E-state index contributed by atoms with van der Waals surface area (Å²) in [4.78, 5) is 21.0. The third-order valence-corrected chi connectivity index (χ3v) is 3.02. The van der Waals surface area contributed by atoms with E-state index in [9.17, 15) is 9.59 Å². The van der Waals surface area contributed by atoms with E-state index in [1.165, 1.54) is 11.6 Å². The molecular weight excluding hydrogens is 340 g/mol. The molecule has 1 aromatic rings. The van der Waals surface area contributed by atoms with Gasteiger partial charge in [-0.15, -0.1) is 0 Å². The third-order valence-electron chi connectivity index (χ3n) is 3.02. The topological polar surface area (TPSA) is 52.6 Å². The summed E-state index contributed by atoms with van der Waals surface area (Å²) in [6.07, 6.45) is 6.96. The van der Waals surface area contributed by atoms with Crippen molar-refractivity contribution in [1.29, 1.82) is 0 Å². The molecule has 0 aliphatic heterocycles. The zero-order chi connectivity index (χ0) is 20.9. The van der Waals surface area contributed by atoms with Crippen molar-refractivity contribution < 1.29 is 19.1 Å². The lowest BCUT2D eigenvalue weighted by Crippen LogP contribution is -2.05. The summed E-state index contributed by atoms with van der Waals surface area (Å²) in [5.41, 5.74) is 1.64. The van der Waals surface area contributed by atoms with Crippen molar-refractivity contribution in [3.63, 3.8) is 0 Å². The van der Waals surface area contributed by atoms with E-state index in [0.717, 1.165) is 25.7 Å². The Balaban J connectivity index is 0. The second-order valence-corrected chi connectivity index (χ2v) is 5.61. The molecule has 0 atom stereocenters. The van der Waals surface area contributed by atoms with Gasteiger partial charge in [-0.05, 0) is 25.3 Å². The highest BCUT2D eigenvalue weighted by molar-refractivity contribution is 5.86. The van der Waals surface area contributed by atoms with Crippen LogP contribution in [0, 0.1) is 0 Å². The maximum absolute atomic E-state index is 10.7. The lowest BCUT2D eigenvalue weighted by Gasteiger charge is -2.01. The van der Waals surface area contributed by atoms with E-state index in [4.69, 9.17) is 4.74 Å². The fourth-order valence-corrected chi connectivity index (χ4v) is 1.40. The highest BCUT2D eigenvalue weighted by Gasteiger charge is 2.00. The summed E-state index contributed by atoms with van der Waals surface area (Å²) in [6, 6.07) is 10.0. The molecule has 0 radical (unpaired) electrons. The van der Waals surface area contributed by atoms with Gasteiger partial charge in [0.15, 0.2) is 0 Å². The van der Waals surface area contributed by atoms with Gasteiger partial charge in [0.1, 0.15) is 0 Å². The quantitative estimate of drug-likeness (QED) is 0.314. The summed E-state index contributed by atoms with van der Waals surface area (Å²) in [6.45, 7) is 17.1. The summed E-state index contributed by atoms with van der Waals surface area (Å²) < 4.78 is 9.48. The van der Waals surface area contributed by atoms with Crippen molar-refractivity contribution in [1.82, 2.24) is 0 Å². The molecule has 1 aromatic carbocycles.